The van der Waals surface area contributed by atoms with E-state index < -0.39 is 0 Å². The number of aryl methyl sites for hydroxylation is 1. The van der Waals surface area contributed by atoms with Crippen LogP contribution in [0.15, 0.2) is 30.3 Å². The van der Waals surface area contributed by atoms with Gasteiger partial charge in [0.05, 0.1) is 0 Å². The summed E-state index contributed by atoms with van der Waals surface area (Å²) < 4.78 is 0. The second kappa shape index (κ2) is 7.02. The minimum Gasteiger partial charge on any atom is -0.368 e. The van der Waals surface area contributed by atoms with Crippen LogP contribution in [0.1, 0.15) is 35.5 Å². The highest BCUT2D eigenvalue weighted by Crippen LogP contribution is 2.18. The van der Waals surface area contributed by atoms with Gasteiger partial charge in [0.1, 0.15) is 5.82 Å². The Balaban J connectivity index is 2.05. The highest BCUT2D eigenvalue weighted by atomic mass is 16.1. The van der Waals surface area contributed by atoms with Crippen LogP contribution in [0.4, 0.5) is 11.5 Å². The molecule has 0 aliphatic heterocycles. The van der Waals surface area contributed by atoms with Crippen LogP contribution >= 0.6 is 0 Å². The van der Waals surface area contributed by atoms with E-state index >= 15 is 0 Å². The molecule has 0 radical (unpaired) electrons. The summed E-state index contributed by atoms with van der Waals surface area (Å²) in [5.74, 6) is 0.947. The predicted molar refractivity (Wildman–Crippen MR) is 89.2 cm³/mol. The van der Waals surface area contributed by atoms with Gasteiger partial charge in [-0.05, 0) is 49.1 Å². The fourth-order valence-electron chi connectivity index (χ4n) is 1.93. The molecular formula is C17H22N4O. The molecular weight excluding hydrogens is 276 g/mol. The Labute approximate surface area is 131 Å². The van der Waals surface area contributed by atoms with Crippen LogP contribution in [-0.4, -0.2) is 22.6 Å². The summed E-state index contributed by atoms with van der Waals surface area (Å²) in [4.78, 5) is 12.2. The Morgan fingerprint density at radius 1 is 1.14 bits per heavy atom. The maximum Gasteiger partial charge on any atom is 0.276 e. The van der Waals surface area contributed by atoms with E-state index in [1.54, 1.807) is 12.1 Å². The van der Waals surface area contributed by atoms with Gasteiger partial charge in [0, 0.05) is 12.2 Å². The molecule has 22 heavy (non-hydrogen) atoms. The van der Waals surface area contributed by atoms with Crippen LogP contribution in [0.3, 0.4) is 0 Å². The topological polar surface area (TPSA) is 66.9 Å². The molecule has 0 saturated carbocycles. The molecule has 2 aromatic rings. The molecule has 2 N–H and O–H groups in total. The number of anilines is 2. The van der Waals surface area contributed by atoms with Gasteiger partial charge in [0.2, 0.25) is 0 Å². The number of carbonyl (C=O) groups excluding carboxylic acids is 1. The third-order valence-electron chi connectivity index (χ3n) is 3.44. The van der Waals surface area contributed by atoms with Crippen LogP contribution in [0, 0.1) is 19.8 Å². The number of carbonyl (C=O) groups is 1. The maximum atomic E-state index is 12.2. The smallest absolute Gasteiger partial charge is 0.276 e. The summed E-state index contributed by atoms with van der Waals surface area (Å²) in [5.41, 5.74) is 3.29. The summed E-state index contributed by atoms with van der Waals surface area (Å²) in [6.07, 6.45) is 0. The van der Waals surface area contributed by atoms with Crippen molar-refractivity contribution in [2.45, 2.75) is 27.7 Å². The van der Waals surface area contributed by atoms with Gasteiger partial charge >= 0.3 is 0 Å². The van der Waals surface area contributed by atoms with E-state index in [2.05, 4.69) is 34.7 Å². The third-order valence-corrected chi connectivity index (χ3v) is 3.44. The number of aromatic nitrogens is 2. The largest absolute Gasteiger partial charge is 0.368 e. The summed E-state index contributed by atoms with van der Waals surface area (Å²) >= 11 is 0. The molecule has 0 atom stereocenters. The molecule has 116 valence electrons. The number of hydrogen-bond acceptors (Lipinski definition) is 4. The lowest BCUT2D eigenvalue weighted by Crippen LogP contribution is -2.16. The first-order valence-electron chi connectivity index (χ1n) is 7.42. The van der Waals surface area contributed by atoms with E-state index in [0.29, 0.717) is 17.4 Å². The van der Waals surface area contributed by atoms with Gasteiger partial charge in [-0.1, -0.05) is 26.0 Å². The molecule has 0 aliphatic rings. The highest BCUT2D eigenvalue weighted by Gasteiger charge is 2.10. The zero-order chi connectivity index (χ0) is 16.1. The van der Waals surface area contributed by atoms with Crippen LogP contribution in [0.2, 0.25) is 0 Å². The fraction of sp³-hybridized carbons (Fsp3) is 0.353. The van der Waals surface area contributed by atoms with Crippen molar-refractivity contribution in [3.8, 4) is 0 Å². The Bertz CT molecular complexity index is 650. The van der Waals surface area contributed by atoms with Crippen LogP contribution in [-0.2, 0) is 0 Å². The van der Waals surface area contributed by atoms with Crippen molar-refractivity contribution in [1.29, 1.82) is 0 Å². The molecule has 0 spiro atoms. The van der Waals surface area contributed by atoms with Gasteiger partial charge in [-0.15, -0.1) is 10.2 Å². The normalized spacial score (nSPS) is 10.6. The molecule has 1 amide bonds. The maximum absolute atomic E-state index is 12.2. The Morgan fingerprint density at radius 3 is 2.55 bits per heavy atom. The lowest BCUT2D eigenvalue weighted by molar-refractivity contribution is 0.102. The molecule has 5 nitrogen and oxygen atoms in total. The molecule has 1 heterocycles. The SMILES string of the molecule is Cc1cccc(NC(=O)c2ccc(NCC(C)C)nn2)c1C. The van der Waals surface area contributed by atoms with Crippen molar-refractivity contribution in [1.82, 2.24) is 10.2 Å². The van der Waals surface area contributed by atoms with Gasteiger partial charge in [-0.25, -0.2) is 0 Å². The second-order valence-corrected chi connectivity index (χ2v) is 5.78. The predicted octanol–water partition coefficient (Wildman–Crippen LogP) is 3.41. The second-order valence-electron chi connectivity index (χ2n) is 5.78. The summed E-state index contributed by atoms with van der Waals surface area (Å²) in [6.45, 7) is 9.05. The number of hydrogen-bond donors (Lipinski definition) is 2. The van der Waals surface area contributed by atoms with Gasteiger partial charge in [0.15, 0.2) is 5.69 Å². The highest BCUT2D eigenvalue weighted by molar-refractivity contribution is 6.03. The van der Waals surface area contributed by atoms with E-state index in [0.717, 1.165) is 23.4 Å². The molecule has 0 aliphatic carbocycles. The van der Waals surface area contributed by atoms with Gasteiger partial charge in [-0.3, -0.25) is 4.79 Å². The van der Waals surface area contributed by atoms with Crippen LogP contribution in [0.25, 0.3) is 0 Å². The molecule has 2 rings (SSSR count). The van der Waals surface area contributed by atoms with E-state index in [9.17, 15) is 4.79 Å². The Morgan fingerprint density at radius 2 is 1.91 bits per heavy atom. The molecule has 1 aromatic carbocycles. The molecule has 0 fully saturated rings. The number of nitrogens with one attached hydrogen (secondary N) is 2. The van der Waals surface area contributed by atoms with Crippen molar-refractivity contribution in [2.75, 3.05) is 17.2 Å². The Kier molecular flexibility index (Phi) is 5.09. The summed E-state index contributed by atoms with van der Waals surface area (Å²) in [6, 6.07) is 9.26. The number of nitrogens with zero attached hydrogens (tertiary/aromatic N) is 2. The minimum atomic E-state index is -0.253. The van der Waals surface area contributed by atoms with E-state index in [-0.39, 0.29) is 5.91 Å². The number of benzene rings is 1. The summed E-state index contributed by atoms with van der Waals surface area (Å²) in [7, 11) is 0. The monoisotopic (exact) mass is 298 g/mol. The third kappa shape index (κ3) is 4.04. The van der Waals surface area contributed by atoms with Gasteiger partial charge < -0.3 is 10.6 Å². The van der Waals surface area contributed by atoms with Crippen LogP contribution in [0.5, 0.6) is 0 Å². The first-order valence-corrected chi connectivity index (χ1v) is 7.42. The minimum absolute atomic E-state index is 0.253. The van der Waals surface area contributed by atoms with Gasteiger partial charge in [0.25, 0.3) is 5.91 Å². The van der Waals surface area contributed by atoms with Crippen molar-refractivity contribution < 1.29 is 4.79 Å². The number of amides is 1. The van der Waals surface area contributed by atoms with Crippen LogP contribution < -0.4 is 10.6 Å². The average molecular weight is 298 g/mol. The van der Waals surface area contributed by atoms with Gasteiger partial charge in [-0.2, -0.15) is 0 Å². The van der Waals surface area contributed by atoms with Crippen molar-refractivity contribution >= 4 is 17.4 Å². The van der Waals surface area contributed by atoms with Crippen molar-refractivity contribution in [2.24, 2.45) is 5.92 Å². The first-order chi connectivity index (χ1) is 10.5. The molecule has 0 unspecified atom stereocenters. The van der Waals surface area contributed by atoms with E-state index in [1.165, 1.54) is 0 Å². The quantitative estimate of drug-likeness (QED) is 0.887. The average Bonchev–Trinajstić information content (AvgIpc) is 2.50. The lowest BCUT2D eigenvalue weighted by atomic mass is 10.1. The lowest BCUT2D eigenvalue weighted by Gasteiger charge is -2.10. The zero-order valence-corrected chi connectivity index (χ0v) is 13.5. The van der Waals surface area contributed by atoms with Crippen molar-refractivity contribution in [3.63, 3.8) is 0 Å². The molecule has 0 saturated heterocycles. The molecule has 1 aromatic heterocycles. The summed E-state index contributed by atoms with van der Waals surface area (Å²) in [5, 5.41) is 14.1. The Hall–Kier alpha value is -2.43. The zero-order valence-electron chi connectivity index (χ0n) is 13.5. The van der Waals surface area contributed by atoms with E-state index in [1.807, 2.05) is 32.0 Å². The standard InChI is InChI=1S/C17H22N4O/c1-11(2)10-18-16-9-8-15(20-21-16)17(22)19-14-7-5-6-12(3)13(14)4/h5-9,11H,10H2,1-4H3,(H,18,21)(H,19,22). The first kappa shape index (κ1) is 15.9. The molecule has 5 heteroatoms. The van der Waals surface area contributed by atoms with E-state index in [4.69, 9.17) is 0 Å². The number of rotatable bonds is 5. The fourth-order valence-corrected chi connectivity index (χ4v) is 1.93. The van der Waals surface area contributed by atoms with Crippen molar-refractivity contribution in [3.05, 3.63) is 47.2 Å². The molecule has 0 bridgehead atoms.